The number of hydrogen-bond acceptors (Lipinski definition) is 6. The minimum atomic E-state index is -3.72. The van der Waals surface area contributed by atoms with Crippen molar-refractivity contribution in [3.8, 4) is 10.4 Å². The van der Waals surface area contributed by atoms with E-state index in [2.05, 4.69) is 9.71 Å². The number of rotatable bonds is 7. The highest BCUT2D eigenvalue weighted by Gasteiger charge is 2.22. The summed E-state index contributed by atoms with van der Waals surface area (Å²) in [4.78, 5) is 16.9. The fraction of sp³-hybridized carbons (Fsp3) is 0.158. The molecule has 2 heterocycles. The maximum absolute atomic E-state index is 13.1. The van der Waals surface area contributed by atoms with Gasteiger partial charge in [-0.15, -0.1) is 11.3 Å². The van der Waals surface area contributed by atoms with Crippen molar-refractivity contribution in [3.05, 3.63) is 71.1 Å². The predicted molar refractivity (Wildman–Crippen MR) is 106 cm³/mol. The number of methoxy groups -OCH3 is 1. The first-order valence-corrected chi connectivity index (χ1v) is 10.7. The summed E-state index contributed by atoms with van der Waals surface area (Å²) in [6.45, 7) is 0. The molecule has 0 saturated heterocycles. The molecule has 0 radical (unpaired) electrons. The minimum Gasteiger partial charge on any atom is -0.465 e. The van der Waals surface area contributed by atoms with Crippen molar-refractivity contribution in [1.82, 2.24) is 4.98 Å². The smallest absolute Gasteiger partial charge is 0.350 e. The predicted octanol–water partition coefficient (Wildman–Crippen LogP) is 3.72. The summed E-state index contributed by atoms with van der Waals surface area (Å²) in [5.74, 6) is -1.23. The molecule has 1 N–H and O–H groups in total. The van der Waals surface area contributed by atoms with E-state index >= 15 is 0 Å². The number of nitrogens with one attached hydrogen (secondary N) is 1. The molecule has 0 saturated carbocycles. The van der Waals surface area contributed by atoms with Crippen LogP contribution in [0.5, 0.6) is 0 Å². The Morgan fingerprint density at radius 2 is 1.96 bits per heavy atom. The van der Waals surface area contributed by atoms with Gasteiger partial charge in [0.05, 0.1) is 18.6 Å². The summed E-state index contributed by atoms with van der Waals surface area (Å²) in [5.41, 5.74) is 1.45. The van der Waals surface area contributed by atoms with Gasteiger partial charge in [0.2, 0.25) is 10.0 Å². The Labute approximate surface area is 166 Å². The number of aromatic nitrogens is 1. The van der Waals surface area contributed by atoms with Gasteiger partial charge in [-0.25, -0.2) is 17.6 Å². The molecule has 6 nitrogen and oxygen atoms in total. The van der Waals surface area contributed by atoms with Crippen molar-refractivity contribution in [2.45, 2.75) is 6.42 Å². The average Bonchev–Trinajstić information content (AvgIpc) is 3.10. The van der Waals surface area contributed by atoms with Crippen LogP contribution in [0.3, 0.4) is 0 Å². The molecule has 2 aromatic heterocycles. The van der Waals surface area contributed by atoms with E-state index in [0.29, 0.717) is 16.1 Å². The number of carbonyl (C=O) groups is 1. The van der Waals surface area contributed by atoms with Gasteiger partial charge in [-0.2, -0.15) is 0 Å². The zero-order chi connectivity index (χ0) is 20.1. The van der Waals surface area contributed by atoms with Crippen LogP contribution in [0.2, 0.25) is 0 Å². The fourth-order valence-electron chi connectivity index (χ4n) is 2.47. The van der Waals surface area contributed by atoms with E-state index in [4.69, 9.17) is 4.74 Å². The lowest BCUT2D eigenvalue weighted by Gasteiger charge is -2.08. The SMILES string of the molecule is COC(=O)c1sc(-c2ccc(F)cc2)cc1NS(=O)(=O)CCc1ccccn1. The van der Waals surface area contributed by atoms with Gasteiger partial charge in [0.1, 0.15) is 10.7 Å². The molecule has 0 unspecified atom stereocenters. The first kappa shape index (κ1) is 20.0. The van der Waals surface area contributed by atoms with Gasteiger partial charge in [-0.3, -0.25) is 9.71 Å². The molecule has 0 bridgehead atoms. The lowest BCUT2D eigenvalue weighted by Crippen LogP contribution is -2.19. The summed E-state index contributed by atoms with van der Waals surface area (Å²) in [7, 11) is -2.50. The number of benzene rings is 1. The third-order valence-electron chi connectivity index (χ3n) is 3.85. The second-order valence-corrected chi connectivity index (χ2v) is 8.74. The van der Waals surface area contributed by atoms with Gasteiger partial charge in [0.15, 0.2) is 0 Å². The molecule has 0 fully saturated rings. The van der Waals surface area contributed by atoms with Crippen molar-refractivity contribution >= 4 is 33.0 Å². The number of ether oxygens (including phenoxy) is 1. The van der Waals surface area contributed by atoms with Crippen molar-refractivity contribution in [2.75, 3.05) is 17.6 Å². The van der Waals surface area contributed by atoms with Gasteiger partial charge in [0, 0.05) is 23.2 Å². The first-order chi connectivity index (χ1) is 13.4. The number of anilines is 1. The van der Waals surface area contributed by atoms with Crippen LogP contribution in [-0.2, 0) is 21.2 Å². The molecule has 9 heteroatoms. The van der Waals surface area contributed by atoms with Crippen LogP contribution in [-0.4, -0.2) is 32.2 Å². The first-order valence-electron chi connectivity index (χ1n) is 8.26. The highest BCUT2D eigenvalue weighted by Crippen LogP contribution is 2.36. The van der Waals surface area contributed by atoms with Crippen molar-refractivity contribution in [1.29, 1.82) is 0 Å². The van der Waals surface area contributed by atoms with Gasteiger partial charge in [-0.05, 0) is 35.9 Å². The van der Waals surface area contributed by atoms with Crippen LogP contribution >= 0.6 is 11.3 Å². The molecule has 0 aliphatic carbocycles. The summed E-state index contributed by atoms with van der Waals surface area (Å²) in [5, 5.41) is 0. The third kappa shape index (κ3) is 4.93. The Morgan fingerprint density at radius 3 is 2.61 bits per heavy atom. The van der Waals surface area contributed by atoms with E-state index in [0.717, 1.165) is 11.3 Å². The molecule has 1 aromatic carbocycles. The van der Waals surface area contributed by atoms with Crippen molar-refractivity contribution < 1.29 is 22.3 Å². The number of thiophene rings is 1. The van der Waals surface area contributed by atoms with Crippen LogP contribution in [0.1, 0.15) is 15.4 Å². The topological polar surface area (TPSA) is 85.4 Å². The minimum absolute atomic E-state index is 0.128. The van der Waals surface area contributed by atoms with E-state index in [-0.39, 0.29) is 28.6 Å². The number of sulfonamides is 1. The number of nitrogens with zero attached hydrogens (tertiary/aromatic N) is 1. The molecule has 3 rings (SSSR count). The second kappa shape index (κ2) is 8.49. The monoisotopic (exact) mass is 420 g/mol. The molecule has 0 aliphatic rings. The zero-order valence-electron chi connectivity index (χ0n) is 14.9. The van der Waals surface area contributed by atoms with E-state index in [1.165, 1.54) is 19.2 Å². The highest BCUT2D eigenvalue weighted by atomic mass is 32.2. The van der Waals surface area contributed by atoms with Crippen LogP contribution in [0.4, 0.5) is 10.1 Å². The fourth-order valence-corrected chi connectivity index (χ4v) is 4.65. The number of aryl methyl sites for hydroxylation is 1. The molecular weight excluding hydrogens is 403 g/mol. The lowest BCUT2D eigenvalue weighted by molar-refractivity contribution is 0.0607. The highest BCUT2D eigenvalue weighted by molar-refractivity contribution is 7.92. The van der Waals surface area contributed by atoms with Crippen molar-refractivity contribution in [2.24, 2.45) is 0 Å². The van der Waals surface area contributed by atoms with Crippen LogP contribution in [0, 0.1) is 5.82 Å². The average molecular weight is 420 g/mol. The zero-order valence-corrected chi connectivity index (χ0v) is 16.5. The molecule has 0 atom stereocenters. The lowest BCUT2D eigenvalue weighted by atomic mass is 10.2. The summed E-state index contributed by atoms with van der Waals surface area (Å²) < 4.78 is 45.3. The van der Waals surface area contributed by atoms with Crippen LogP contribution in [0.15, 0.2) is 54.7 Å². The summed E-state index contributed by atoms with van der Waals surface area (Å²) in [6.07, 6.45) is 1.83. The Bertz CT molecular complexity index is 1070. The Kier molecular flexibility index (Phi) is 6.05. The number of hydrogen-bond donors (Lipinski definition) is 1. The Morgan fingerprint density at radius 1 is 1.21 bits per heavy atom. The van der Waals surface area contributed by atoms with E-state index in [1.807, 2.05) is 0 Å². The maximum Gasteiger partial charge on any atom is 0.350 e. The number of halogens is 1. The summed E-state index contributed by atoms with van der Waals surface area (Å²) >= 11 is 1.07. The van der Waals surface area contributed by atoms with E-state index in [9.17, 15) is 17.6 Å². The Hall–Kier alpha value is -2.78. The second-order valence-electron chi connectivity index (χ2n) is 5.84. The van der Waals surface area contributed by atoms with Gasteiger partial charge < -0.3 is 4.74 Å². The number of esters is 1. The van der Waals surface area contributed by atoms with Gasteiger partial charge >= 0.3 is 5.97 Å². The largest absolute Gasteiger partial charge is 0.465 e. The standard InChI is InChI=1S/C19H17FN2O4S2/c1-26-19(23)18-16(12-17(27-18)13-5-7-14(20)8-6-13)22-28(24,25)11-9-15-4-2-3-10-21-15/h2-8,10,12,22H,9,11H2,1H3. The normalized spacial score (nSPS) is 11.2. The molecule has 3 aromatic rings. The number of pyridine rings is 1. The molecule has 0 aliphatic heterocycles. The summed E-state index contributed by atoms with van der Waals surface area (Å²) in [6, 6.07) is 12.5. The quantitative estimate of drug-likeness (QED) is 0.589. The van der Waals surface area contributed by atoms with Gasteiger partial charge in [-0.1, -0.05) is 18.2 Å². The molecule has 28 heavy (non-hydrogen) atoms. The van der Waals surface area contributed by atoms with Crippen LogP contribution in [0.25, 0.3) is 10.4 Å². The molecular formula is C19H17FN2O4S2. The van der Waals surface area contributed by atoms with Crippen LogP contribution < -0.4 is 4.72 Å². The molecule has 0 spiro atoms. The van der Waals surface area contributed by atoms with E-state index in [1.54, 1.807) is 42.6 Å². The number of carbonyl (C=O) groups excluding carboxylic acids is 1. The Balaban J connectivity index is 1.85. The van der Waals surface area contributed by atoms with Crippen molar-refractivity contribution in [3.63, 3.8) is 0 Å². The third-order valence-corrected chi connectivity index (χ3v) is 6.29. The molecule has 146 valence electrons. The van der Waals surface area contributed by atoms with Gasteiger partial charge in [0.25, 0.3) is 0 Å². The molecule has 0 amide bonds. The van der Waals surface area contributed by atoms with E-state index < -0.39 is 16.0 Å². The maximum atomic E-state index is 13.1.